The van der Waals surface area contributed by atoms with Crippen LogP contribution in [0.4, 0.5) is 0 Å². The Morgan fingerprint density at radius 2 is 2.06 bits per heavy atom. The van der Waals surface area contributed by atoms with Crippen molar-refractivity contribution in [1.29, 1.82) is 0 Å². The first-order valence-electron chi connectivity index (χ1n) is 5.68. The molecule has 0 aromatic heterocycles. The molecule has 0 aliphatic carbocycles. The third-order valence-corrected chi connectivity index (χ3v) is 4.52. The van der Waals surface area contributed by atoms with E-state index in [0.717, 1.165) is 10.8 Å². The molecule has 0 bridgehead atoms. The van der Waals surface area contributed by atoms with Crippen LogP contribution < -0.4 is 5.19 Å². The number of hydrogen-bond acceptors (Lipinski definition) is 2. The minimum atomic E-state index is -1.61. The summed E-state index contributed by atoms with van der Waals surface area (Å²) in [6, 6.07) is 5.51. The molecule has 17 heavy (non-hydrogen) atoms. The van der Waals surface area contributed by atoms with Gasteiger partial charge in [0.1, 0.15) is 0 Å². The quantitative estimate of drug-likeness (QED) is 0.465. The maximum Gasteiger partial charge on any atom is 0.337 e. The molecular weight excluding hydrogens is 228 g/mol. The highest BCUT2D eigenvalue weighted by Crippen LogP contribution is 2.11. The van der Waals surface area contributed by atoms with E-state index in [4.69, 9.17) is 11.2 Å². The van der Waals surface area contributed by atoms with E-state index in [1.54, 1.807) is 12.1 Å². The number of terminal acetylenes is 1. The minimum absolute atomic E-state index is 0.256. The molecule has 0 heterocycles. The molecule has 0 fully saturated rings. The fourth-order valence-electron chi connectivity index (χ4n) is 1.64. The predicted octanol–water partition coefficient (Wildman–Crippen LogP) is 2.39. The van der Waals surface area contributed by atoms with Gasteiger partial charge < -0.3 is 4.74 Å². The van der Waals surface area contributed by atoms with Crippen LogP contribution in [0.3, 0.4) is 0 Å². The van der Waals surface area contributed by atoms with Crippen molar-refractivity contribution >= 4 is 19.2 Å². The van der Waals surface area contributed by atoms with E-state index in [9.17, 15) is 4.79 Å². The normalized spacial score (nSPS) is 10.8. The lowest BCUT2D eigenvalue weighted by molar-refractivity contribution is 0.0528. The zero-order chi connectivity index (χ0) is 13.1. The van der Waals surface area contributed by atoms with Crippen molar-refractivity contribution in [3.63, 3.8) is 0 Å². The molecular formula is C14H18O2Si. The van der Waals surface area contributed by atoms with Crippen LogP contribution >= 0.6 is 0 Å². The van der Waals surface area contributed by atoms with E-state index in [1.165, 1.54) is 0 Å². The second kappa shape index (κ2) is 5.20. The number of rotatable bonds is 3. The topological polar surface area (TPSA) is 26.3 Å². The van der Waals surface area contributed by atoms with Gasteiger partial charge in [-0.05, 0) is 30.3 Å². The molecule has 0 amide bonds. The molecule has 1 rings (SSSR count). The van der Waals surface area contributed by atoms with Crippen LogP contribution in [-0.4, -0.2) is 20.7 Å². The summed E-state index contributed by atoms with van der Waals surface area (Å²) in [6.45, 7) is 8.75. The van der Waals surface area contributed by atoms with Crippen LogP contribution in [0, 0.1) is 12.3 Å². The van der Waals surface area contributed by atoms with Gasteiger partial charge in [-0.25, -0.2) is 4.79 Å². The lowest BCUT2D eigenvalue weighted by Crippen LogP contribution is -2.41. The maximum atomic E-state index is 11.9. The number of esters is 1. The van der Waals surface area contributed by atoms with Crippen LogP contribution in [0.2, 0.25) is 19.6 Å². The smallest absolute Gasteiger partial charge is 0.337 e. The number of hydrogen-bond donors (Lipinski definition) is 0. The summed E-state index contributed by atoms with van der Waals surface area (Å²) in [4.78, 5) is 11.9. The van der Waals surface area contributed by atoms with Crippen LogP contribution in [0.5, 0.6) is 0 Å². The predicted molar refractivity (Wildman–Crippen MR) is 73.3 cm³/mol. The van der Waals surface area contributed by atoms with Crippen LogP contribution in [0.25, 0.3) is 0 Å². The largest absolute Gasteiger partial charge is 0.462 e. The molecule has 0 saturated carbocycles. The molecule has 1 aromatic rings. The molecule has 0 radical (unpaired) electrons. The van der Waals surface area contributed by atoms with E-state index >= 15 is 0 Å². The van der Waals surface area contributed by atoms with Crippen molar-refractivity contribution in [3.05, 3.63) is 29.3 Å². The molecule has 90 valence electrons. The highest BCUT2D eigenvalue weighted by Gasteiger charge is 2.24. The van der Waals surface area contributed by atoms with Gasteiger partial charge in [0.2, 0.25) is 0 Å². The van der Waals surface area contributed by atoms with Crippen molar-refractivity contribution in [2.24, 2.45) is 0 Å². The second-order valence-corrected chi connectivity index (χ2v) is 9.91. The van der Waals surface area contributed by atoms with E-state index in [1.807, 2.05) is 13.0 Å². The Morgan fingerprint density at radius 1 is 1.41 bits per heavy atom. The fourth-order valence-corrected chi connectivity index (χ4v) is 3.22. The van der Waals surface area contributed by atoms with Gasteiger partial charge in [0.15, 0.2) is 0 Å². The summed E-state index contributed by atoms with van der Waals surface area (Å²) in [6.07, 6.45) is 5.40. The summed E-state index contributed by atoms with van der Waals surface area (Å²) < 4.78 is 5.07. The van der Waals surface area contributed by atoms with E-state index in [2.05, 4.69) is 25.6 Å². The van der Waals surface area contributed by atoms with Gasteiger partial charge in [0.25, 0.3) is 0 Å². The van der Waals surface area contributed by atoms with Gasteiger partial charge in [0.05, 0.1) is 20.2 Å². The molecule has 0 unspecified atom stereocenters. The van der Waals surface area contributed by atoms with E-state index < -0.39 is 8.07 Å². The van der Waals surface area contributed by atoms with Gasteiger partial charge in [0, 0.05) is 5.56 Å². The number of ether oxygens (including phenoxy) is 1. The maximum absolute atomic E-state index is 11.9. The molecule has 3 heteroatoms. The lowest BCUT2D eigenvalue weighted by Gasteiger charge is -2.20. The standard InChI is InChI=1S/C14H18O2Si/c1-6-11-8-9-12(14(15)16-7-2)13(10-11)17(3,4)5/h1,8-10H,7H2,2-5H3. The Kier molecular flexibility index (Phi) is 4.14. The molecule has 0 atom stereocenters. The van der Waals surface area contributed by atoms with Crippen molar-refractivity contribution in [2.75, 3.05) is 6.61 Å². The summed E-state index contributed by atoms with van der Waals surface area (Å²) in [7, 11) is -1.61. The second-order valence-electron chi connectivity index (χ2n) is 4.88. The average Bonchev–Trinajstić information content (AvgIpc) is 2.27. The molecule has 0 aliphatic rings. The zero-order valence-electron chi connectivity index (χ0n) is 10.8. The molecule has 1 aromatic carbocycles. The third kappa shape index (κ3) is 3.21. The van der Waals surface area contributed by atoms with Crippen LogP contribution in [0.1, 0.15) is 22.8 Å². The Labute approximate surface area is 104 Å². The highest BCUT2D eigenvalue weighted by atomic mass is 28.3. The van der Waals surface area contributed by atoms with Crippen molar-refractivity contribution in [3.8, 4) is 12.3 Å². The van der Waals surface area contributed by atoms with Gasteiger partial charge >= 0.3 is 5.97 Å². The van der Waals surface area contributed by atoms with Crippen molar-refractivity contribution in [2.45, 2.75) is 26.6 Å². The van der Waals surface area contributed by atoms with Gasteiger partial charge in [-0.1, -0.05) is 25.6 Å². The zero-order valence-corrected chi connectivity index (χ0v) is 11.8. The monoisotopic (exact) mass is 246 g/mol. The fraction of sp³-hybridized carbons (Fsp3) is 0.357. The summed E-state index contributed by atoms with van der Waals surface area (Å²) in [5, 5.41) is 1.06. The molecule has 2 nitrogen and oxygen atoms in total. The molecule has 0 aliphatic heterocycles. The number of carbonyl (C=O) groups is 1. The van der Waals surface area contributed by atoms with Gasteiger partial charge in [-0.2, -0.15) is 0 Å². The van der Waals surface area contributed by atoms with Gasteiger partial charge in [-0.3, -0.25) is 0 Å². The number of carbonyl (C=O) groups excluding carboxylic acids is 1. The summed E-state index contributed by atoms with van der Waals surface area (Å²) >= 11 is 0. The summed E-state index contributed by atoms with van der Waals surface area (Å²) in [5.41, 5.74) is 1.47. The Morgan fingerprint density at radius 3 is 2.53 bits per heavy atom. The molecule has 0 N–H and O–H groups in total. The minimum Gasteiger partial charge on any atom is -0.462 e. The first-order chi connectivity index (χ1) is 7.90. The van der Waals surface area contributed by atoms with Crippen molar-refractivity contribution in [1.82, 2.24) is 0 Å². The van der Waals surface area contributed by atoms with E-state index in [-0.39, 0.29) is 5.97 Å². The molecule has 0 saturated heterocycles. The first kappa shape index (κ1) is 13.5. The Bertz CT molecular complexity index is 464. The SMILES string of the molecule is C#Cc1ccc(C(=O)OCC)c([Si](C)(C)C)c1. The van der Waals surface area contributed by atoms with Crippen LogP contribution in [0.15, 0.2) is 18.2 Å². The first-order valence-corrected chi connectivity index (χ1v) is 9.18. The molecule has 0 spiro atoms. The van der Waals surface area contributed by atoms with Crippen LogP contribution in [-0.2, 0) is 4.74 Å². The Hall–Kier alpha value is -1.53. The highest BCUT2D eigenvalue weighted by molar-refractivity contribution is 6.89. The van der Waals surface area contributed by atoms with Crippen molar-refractivity contribution < 1.29 is 9.53 Å². The average molecular weight is 246 g/mol. The van der Waals surface area contributed by atoms with Gasteiger partial charge in [-0.15, -0.1) is 6.42 Å². The third-order valence-electron chi connectivity index (χ3n) is 2.49. The lowest BCUT2D eigenvalue weighted by atomic mass is 10.1. The Balaban J connectivity index is 3.31. The summed E-state index contributed by atoms with van der Waals surface area (Å²) in [5.74, 6) is 2.35. The number of benzene rings is 1. The van der Waals surface area contributed by atoms with E-state index in [0.29, 0.717) is 12.2 Å².